The van der Waals surface area contributed by atoms with E-state index in [0.717, 1.165) is 10.0 Å². The van der Waals surface area contributed by atoms with Gasteiger partial charge in [0.05, 0.1) is 6.42 Å². The summed E-state index contributed by atoms with van der Waals surface area (Å²) in [6.45, 7) is 0.896. The molecule has 0 aliphatic carbocycles. The van der Waals surface area contributed by atoms with E-state index in [1.54, 1.807) is 0 Å². The number of amides is 1. The molecule has 2 rings (SSSR count). The van der Waals surface area contributed by atoms with Crippen molar-refractivity contribution < 1.29 is 19.4 Å². The molecule has 1 saturated heterocycles. The minimum atomic E-state index is -0.982. The number of aliphatic carboxylic acids is 1. The third-order valence-corrected chi connectivity index (χ3v) is 4.00. The molecule has 0 atom stereocenters. The molecule has 21 heavy (non-hydrogen) atoms. The first kappa shape index (κ1) is 16.0. The summed E-state index contributed by atoms with van der Waals surface area (Å²) in [6.07, 6.45) is 1.60. The van der Waals surface area contributed by atoms with E-state index in [1.807, 2.05) is 24.3 Å². The first-order valence-electron chi connectivity index (χ1n) is 6.89. The minimum absolute atomic E-state index is 0.0468. The van der Waals surface area contributed by atoms with Crippen LogP contribution in [0.1, 0.15) is 18.4 Å². The minimum Gasteiger partial charge on any atom is -0.480 e. The van der Waals surface area contributed by atoms with E-state index >= 15 is 0 Å². The van der Waals surface area contributed by atoms with Crippen LogP contribution in [0.2, 0.25) is 0 Å². The lowest BCUT2D eigenvalue weighted by molar-refractivity contribution is -0.147. The average molecular weight is 356 g/mol. The van der Waals surface area contributed by atoms with Crippen molar-refractivity contribution in [2.75, 3.05) is 19.8 Å². The number of hydrogen-bond acceptors (Lipinski definition) is 3. The number of hydrogen-bond donors (Lipinski definition) is 1. The van der Waals surface area contributed by atoms with Gasteiger partial charge in [-0.05, 0) is 30.5 Å². The number of carbonyl (C=O) groups excluding carboxylic acids is 1. The molecular formula is C15H18BrNO4. The fourth-order valence-electron chi connectivity index (χ4n) is 2.49. The highest BCUT2D eigenvalue weighted by atomic mass is 79.9. The summed E-state index contributed by atoms with van der Waals surface area (Å²) >= 11 is 3.37. The van der Waals surface area contributed by atoms with E-state index < -0.39 is 5.97 Å². The first-order valence-corrected chi connectivity index (χ1v) is 7.69. The largest absolute Gasteiger partial charge is 0.480 e. The van der Waals surface area contributed by atoms with Gasteiger partial charge in [-0.3, -0.25) is 9.59 Å². The van der Waals surface area contributed by atoms with Crippen LogP contribution < -0.4 is 0 Å². The zero-order chi connectivity index (χ0) is 15.2. The van der Waals surface area contributed by atoms with E-state index in [1.165, 1.54) is 4.90 Å². The standard InChI is InChI=1S/C15H18BrNO4/c16-12-3-1-2-11(8-12)9-14(18)17(10-15(19)20)13-4-6-21-7-5-13/h1-3,8,13H,4-7,9-10H2,(H,19,20). The van der Waals surface area contributed by atoms with Gasteiger partial charge >= 0.3 is 5.97 Å². The quantitative estimate of drug-likeness (QED) is 0.877. The molecule has 1 N–H and O–H groups in total. The molecule has 1 aliphatic rings. The summed E-state index contributed by atoms with van der Waals surface area (Å²) in [4.78, 5) is 25.0. The van der Waals surface area contributed by atoms with Gasteiger partial charge in [-0.1, -0.05) is 28.1 Å². The molecule has 0 unspecified atom stereocenters. The van der Waals surface area contributed by atoms with Crippen LogP contribution in [0.3, 0.4) is 0 Å². The number of halogens is 1. The lowest BCUT2D eigenvalue weighted by Gasteiger charge is -2.33. The van der Waals surface area contributed by atoms with Crippen LogP contribution in [-0.4, -0.2) is 47.7 Å². The Morgan fingerprint density at radius 2 is 2.05 bits per heavy atom. The van der Waals surface area contributed by atoms with Crippen LogP contribution in [0, 0.1) is 0 Å². The van der Waals surface area contributed by atoms with Crippen molar-refractivity contribution in [3.8, 4) is 0 Å². The molecule has 1 fully saturated rings. The summed E-state index contributed by atoms with van der Waals surface area (Å²) in [5.74, 6) is -1.13. The Hall–Kier alpha value is -1.40. The topological polar surface area (TPSA) is 66.8 Å². The molecule has 0 radical (unpaired) electrons. The molecule has 1 aromatic rings. The van der Waals surface area contributed by atoms with Crippen LogP contribution in [0.4, 0.5) is 0 Å². The highest BCUT2D eigenvalue weighted by molar-refractivity contribution is 9.10. The number of nitrogens with zero attached hydrogens (tertiary/aromatic N) is 1. The van der Waals surface area contributed by atoms with Crippen LogP contribution in [0.15, 0.2) is 28.7 Å². The van der Waals surface area contributed by atoms with Gasteiger partial charge in [0.1, 0.15) is 6.54 Å². The number of rotatable bonds is 5. The van der Waals surface area contributed by atoms with Gasteiger partial charge in [0, 0.05) is 23.7 Å². The summed E-state index contributed by atoms with van der Waals surface area (Å²) in [7, 11) is 0. The van der Waals surface area contributed by atoms with Gasteiger partial charge < -0.3 is 14.7 Å². The smallest absolute Gasteiger partial charge is 0.323 e. The van der Waals surface area contributed by atoms with Crippen molar-refractivity contribution in [1.82, 2.24) is 4.90 Å². The van der Waals surface area contributed by atoms with Gasteiger partial charge in [0.25, 0.3) is 0 Å². The number of carboxylic acids is 1. The van der Waals surface area contributed by atoms with Crippen LogP contribution in [0.25, 0.3) is 0 Å². The summed E-state index contributed by atoms with van der Waals surface area (Å²) in [5, 5.41) is 9.04. The Morgan fingerprint density at radius 3 is 2.67 bits per heavy atom. The molecule has 1 aromatic carbocycles. The van der Waals surface area contributed by atoms with E-state index in [-0.39, 0.29) is 24.9 Å². The molecule has 6 heteroatoms. The van der Waals surface area contributed by atoms with Gasteiger partial charge in [0.2, 0.25) is 5.91 Å². The Bertz CT molecular complexity index is 514. The molecule has 1 heterocycles. The van der Waals surface area contributed by atoms with Gasteiger partial charge in [-0.15, -0.1) is 0 Å². The van der Waals surface area contributed by atoms with E-state index in [2.05, 4.69) is 15.9 Å². The third kappa shape index (κ3) is 4.82. The number of ether oxygens (including phenoxy) is 1. The van der Waals surface area contributed by atoms with Crippen molar-refractivity contribution in [3.05, 3.63) is 34.3 Å². The highest BCUT2D eigenvalue weighted by Crippen LogP contribution is 2.17. The number of carbonyl (C=O) groups is 2. The predicted molar refractivity (Wildman–Crippen MR) is 81.0 cm³/mol. The maximum absolute atomic E-state index is 12.5. The molecule has 1 aliphatic heterocycles. The lowest BCUT2D eigenvalue weighted by atomic mass is 10.0. The molecular weight excluding hydrogens is 338 g/mol. The number of benzene rings is 1. The van der Waals surface area contributed by atoms with Crippen molar-refractivity contribution >= 4 is 27.8 Å². The molecule has 114 valence electrons. The van der Waals surface area contributed by atoms with Gasteiger partial charge in [-0.2, -0.15) is 0 Å². The lowest BCUT2D eigenvalue weighted by Crippen LogP contribution is -2.46. The molecule has 0 bridgehead atoms. The Balaban J connectivity index is 2.07. The maximum atomic E-state index is 12.5. The summed E-state index contributed by atoms with van der Waals surface area (Å²) < 4.78 is 6.18. The van der Waals surface area contributed by atoms with Gasteiger partial charge in [-0.25, -0.2) is 0 Å². The van der Waals surface area contributed by atoms with Crippen LogP contribution in [-0.2, 0) is 20.7 Å². The number of carboxylic acid groups (broad SMARTS) is 1. The Kier molecular flexibility index (Phi) is 5.76. The van der Waals surface area contributed by atoms with E-state index in [0.29, 0.717) is 26.1 Å². The van der Waals surface area contributed by atoms with Gasteiger partial charge in [0.15, 0.2) is 0 Å². The van der Waals surface area contributed by atoms with E-state index in [4.69, 9.17) is 9.84 Å². The Morgan fingerprint density at radius 1 is 1.33 bits per heavy atom. The highest BCUT2D eigenvalue weighted by Gasteiger charge is 2.27. The molecule has 0 aromatic heterocycles. The zero-order valence-electron chi connectivity index (χ0n) is 11.6. The second-order valence-electron chi connectivity index (χ2n) is 5.07. The third-order valence-electron chi connectivity index (χ3n) is 3.50. The molecule has 5 nitrogen and oxygen atoms in total. The van der Waals surface area contributed by atoms with Crippen LogP contribution in [0.5, 0.6) is 0 Å². The molecule has 1 amide bonds. The summed E-state index contributed by atoms with van der Waals surface area (Å²) in [5.41, 5.74) is 0.872. The normalized spacial score (nSPS) is 15.7. The van der Waals surface area contributed by atoms with Crippen LogP contribution >= 0.6 is 15.9 Å². The van der Waals surface area contributed by atoms with Crippen molar-refractivity contribution in [3.63, 3.8) is 0 Å². The SMILES string of the molecule is O=C(O)CN(C(=O)Cc1cccc(Br)c1)C1CCOCC1. The first-order chi connectivity index (χ1) is 10.1. The van der Waals surface area contributed by atoms with E-state index in [9.17, 15) is 9.59 Å². The zero-order valence-corrected chi connectivity index (χ0v) is 13.2. The average Bonchev–Trinajstić information content (AvgIpc) is 2.45. The molecule has 0 spiro atoms. The fraction of sp³-hybridized carbons (Fsp3) is 0.467. The second kappa shape index (κ2) is 7.56. The Labute approximate surface area is 132 Å². The monoisotopic (exact) mass is 355 g/mol. The fourth-order valence-corrected chi connectivity index (χ4v) is 2.93. The second-order valence-corrected chi connectivity index (χ2v) is 5.98. The summed E-state index contributed by atoms with van der Waals surface area (Å²) in [6, 6.07) is 7.45. The molecule has 0 saturated carbocycles. The van der Waals surface area contributed by atoms with Crippen molar-refractivity contribution in [1.29, 1.82) is 0 Å². The maximum Gasteiger partial charge on any atom is 0.323 e. The van der Waals surface area contributed by atoms with Crippen molar-refractivity contribution in [2.24, 2.45) is 0 Å². The predicted octanol–water partition coefficient (Wildman–Crippen LogP) is 2.08. The van der Waals surface area contributed by atoms with Crippen molar-refractivity contribution in [2.45, 2.75) is 25.3 Å².